The van der Waals surface area contributed by atoms with E-state index in [2.05, 4.69) is 16.7 Å². The molecule has 0 aliphatic heterocycles. The zero-order valence-electron chi connectivity index (χ0n) is 17.5. The Labute approximate surface area is 184 Å². The number of hydrogen-bond donors (Lipinski definition) is 4. The molecular weight excluding hydrogens is 408 g/mol. The van der Waals surface area contributed by atoms with E-state index in [-0.39, 0.29) is 11.9 Å². The summed E-state index contributed by atoms with van der Waals surface area (Å²) >= 11 is 1.68. The van der Waals surface area contributed by atoms with Crippen LogP contribution >= 0.6 is 11.3 Å². The summed E-state index contributed by atoms with van der Waals surface area (Å²) in [4.78, 5) is 10.3. The number of aromatic nitrogens is 2. The molecule has 0 atom stereocenters. The van der Waals surface area contributed by atoms with Gasteiger partial charge < -0.3 is 25.8 Å². The molecule has 0 unspecified atom stereocenters. The Morgan fingerprint density at radius 2 is 1.45 bits per heavy atom. The number of rotatable bonds is 4. The number of nitrogens with zero attached hydrogens (tertiary/aromatic N) is 4. The quantitative estimate of drug-likeness (QED) is 0.290. The number of aryl methyl sites for hydroxylation is 1. The van der Waals surface area contributed by atoms with Crippen LogP contribution < -0.4 is 21.3 Å². The molecule has 2 heterocycles. The van der Waals surface area contributed by atoms with Crippen molar-refractivity contribution in [1.82, 2.24) is 9.55 Å². The highest BCUT2D eigenvalue weighted by Gasteiger charge is 2.15. The SMILES string of the molecule is CN(C(=N)N)c1ccc(-c2ccc(-c3nc4ccc(N(C)C(=N)N)cc4n3C)s2)cc1. The van der Waals surface area contributed by atoms with Crippen molar-refractivity contribution in [3.8, 4) is 21.1 Å². The summed E-state index contributed by atoms with van der Waals surface area (Å²) in [5.74, 6) is 0.887. The van der Waals surface area contributed by atoms with Gasteiger partial charge in [0.2, 0.25) is 0 Å². The van der Waals surface area contributed by atoms with Gasteiger partial charge in [0, 0.05) is 37.4 Å². The van der Waals surface area contributed by atoms with Gasteiger partial charge in [0.25, 0.3) is 0 Å². The molecule has 0 fully saturated rings. The van der Waals surface area contributed by atoms with Crippen LogP contribution in [0.5, 0.6) is 0 Å². The molecule has 9 heteroatoms. The van der Waals surface area contributed by atoms with Gasteiger partial charge in [-0.25, -0.2) is 4.98 Å². The van der Waals surface area contributed by atoms with Gasteiger partial charge >= 0.3 is 0 Å². The van der Waals surface area contributed by atoms with Crippen LogP contribution in [0.3, 0.4) is 0 Å². The first-order valence-corrected chi connectivity index (χ1v) is 10.4. The van der Waals surface area contributed by atoms with Gasteiger partial charge in [-0.3, -0.25) is 10.8 Å². The molecule has 2 aromatic carbocycles. The van der Waals surface area contributed by atoms with Crippen molar-refractivity contribution in [3.63, 3.8) is 0 Å². The Bertz CT molecular complexity index is 1280. The average molecular weight is 433 g/mol. The molecule has 31 heavy (non-hydrogen) atoms. The Morgan fingerprint density at radius 3 is 2.10 bits per heavy atom. The third-order valence-electron chi connectivity index (χ3n) is 5.34. The Morgan fingerprint density at radius 1 is 0.871 bits per heavy atom. The molecule has 8 nitrogen and oxygen atoms in total. The number of benzene rings is 2. The summed E-state index contributed by atoms with van der Waals surface area (Å²) in [6.07, 6.45) is 0. The minimum atomic E-state index is -0.00912. The predicted octanol–water partition coefficient (Wildman–Crippen LogP) is 3.63. The zero-order chi connectivity index (χ0) is 22.3. The van der Waals surface area contributed by atoms with Crippen molar-refractivity contribution >= 4 is 45.7 Å². The molecule has 6 N–H and O–H groups in total. The molecular formula is C22H24N8S. The van der Waals surface area contributed by atoms with Crippen LogP contribution in [0.4, 0.5) is 11.4 Å². The van der Waals surface area contributed by atoms with Gasteiger partial charge in [-0.15, -0.1) is 11.3 Å². The first-order valence-electron chi connectivity index (χ1n) is 9.59. The van der Waals surface area contributed by atoms with Gasteiger partial charge in [0.1, 0.15) is 0 Å². The number of anilines is 2. The summed E-state index contributed by atoms with van der Waals surface area (Å²) in [6.45, 7) is 0. The first kappa shape index (κ1) is 20.4. The van der Waals surface area contributed by atoms with Crippen molar-refractivity contribution in [2.75, 3.05) is 23.9 Å². The lowest BCUT2D eigenvalue weighted by molar-refractivity contribution is 0.962. The summed E-state index contributed by atoms with van der Waals surface area (Å²) < 4.78 is 2.06. The second kappa shape index (κ2) is 7.77. The highest BCUT2D eigenvalue weighted by Crippen LogP contribution is 2.36. The van der Waals surface area contributed by atoms with E-state index in [0.717, 1.165) is 43.6 Å². The maximum Gasteiger partial charge on any atom is 0.192 e. The smallest absolute Gasteiger partial charge is 0.192 e. The predicted molar refractivity (Wildman–Crippen MR) is 130 cm³/mol. The van der Waals surface area contributed by atoms with Gasteiger partial charge in [-0.05, 0) is 48.0 Å². The van der Waals surface area contributed by atoms with E-state index in [0.29, 0.717) is 0 Å². The zero-order valence-corrected chi connectivity index (χ0v) is 18.4. The van der Waals surface area contributed by atoms with E-state index < -0.39 is 0 Å². The summed E-state index contributed by atoms with van der Waals surface area (Å²) in [7, 11) is 5.53. The van der Waals surface area contributed by atoms with Crippen molar-refractivity contribution < 1.29 is 0 Å². The second-order valence-corrected chi connectivity index (χ2v) is 8.35. The number of imidazole rings is 1. The molecule has 0 aliphatic carbocycles. The molecule has 4 aromatic rings. The minimum absolute atomic E-state index is 0.00524. The maximum atomic E-state index is 7.64. The fourth-order valence-electron chi connectivity index (χ4n) is 3.35. The standard InChI is InChI=1S/C22H24N8S/c1-28(21(23)24)14-6-4-13(5-7-14)18-10-11-19(31-18)20-27-16-9-8-15(29(2)22(25)26)12-17(16)30(20)3/h4-12H,1-3H3,(H3,23,24)(H3,25,26). The van der Waals surface area contributed by atoms with Crippen LogP contribution in [-0.4, -0.2) is 35.6 Å². The number of hydrogen-bond acceptors (Lipinski definition) is 4. The Kier molecular flexibility index (Phi) is 5.12. The molecule has 0 bridgehead atoms. The molecule has 0 saturated carbocycles. The van der Waals surface area contributed by atoms with Crippen LogP contribution in [0, 0.1) is 10.8 Å². The summed E-state index contributed by atoms with van der Waals surface area (Å²) in [5.41, 5.74) is 15.9. The number of guanidine groups is 2. The highest BCUT2D eigenvalue weighted by atomic mass is 32.1. The van der Waals surface area contributed by atoms with E-state index in [4.69, 9.17) is 27.3 Å². The normalized spacial score (nSPS) is 10.9. The minimum Gasteiger partial charge on any atom is -0.370 e. The van der Waals surface area contributed by atoms with Gasteiger partial charge in [-0.2, -0.15) is 0 Å². The second-order valence-electron chi connectivity index (χ2n) is 7.27. The van der Waals surface area contributed by atoms with Crippen molar-refractivity contribution in [1.29, 1.82) is 10.8 Å². The number of nitrogens with two attached hydrogens (primary N) is 2. The molecule has 0 spiro atoms. The van der Waals surface area contributed by atoms with Gasteiger partial charge in [-0.1, -0.05) is 12.1 Å². The third kappa shape index (κ3) is 3.71. The van der Waals surface area contributed by atoms with Crippen LogP contribution in [0.15, 0.2) is 54.6 Å². The number of fused-ring (bicyclic) bond motifs is 1. The van der Waals surface area contributed by atoms with Gasteiger partial charge in [0.05, 0.1) is 15.9 Å². The highest BCUT2D eigenvalue weighted by molar-refractivity contribution is 7.18. The molecule has 4 rings (SSSR count). The Hall–Kier alpha value is -3.85. The van der Waals surface area contributed by atoms with Crippen molar-refractivity contribution in [2.24, 2.45) is 18.5 Å². The first-order chi connectivity index (χ1) is 14.8. The average Bonchev–Trinajstić information content (AvgIpc) is 3.37. The topological polar surface area (TPSA) is 124 Å². The molecule has 0 saturated heterocycles. The van der Waals surface area contributed by atoms with Crippen molar-refractivity contribution in [2.45, 2.75) is 0 Å². The summed E-state index contributed by atoms with van der Waals surface area (Å²) in [5, 5.41) is 15.2. The molecule has 0 aliphatic rings. The lowest BCUT2D eigenvalue weighted by atomic mass is 10.1. The van der Waals surface area contributed by atoms with Crippen molar-refractivity contribution in [3.05, 3.63) is 54.6 Å². The van der Waals surface area contributed by atoms with E-state index in [1.165, 1.54) is 0 Å². The van der Waals surface area contributed by atoms with E-state index in [1.54, 1.807) is 35.2 Å². The fraction of sp³-hybridized carbons (Fsp3) is 0.136. The van der Waals surface area contributed by atoms with Gasteiger partial charge in [0.15, 0.2) is 17.7 Å². The van der Waals surface area contributed by atoms with Crippen LogP contribution in [0.2, 0.25) is 0 Å². The van der Waals surface area contributed by atoms with Crippen LogP contribution in [0.1, 0.15) is 0 Å². The maximum absolute atomic E-state index is 7.64. The lowest BCUT2D eigenvalue weighted by Crippen LogP contribution is -2.32. The molecule has 0 amide bonds. The van der Waals surface area contributed by atoms with E-state index >= 15 is 0 Å². The van der Waals surface area contributed by atoms with E-state index in [9.17, 15) is 0 Å². The van der Waals surface area contributed by atoms with E-state index in [1.807, 2.05) is 49.5 Å². The largest absolute Gasteiger partial charge is 0.370 e. The number of nitrogens with one attached hydrogen (secondary N) is 2. The van der Waals surface area contributed by atoms with Crippen LogP contribution in [0.25, 0.3) is 32.2 Å². The monoisotopic (exact) mass is 432 g/mol. The Balaban J connectivity index is 1.66. The third-order valence-corrected chi connectivity index (χ3v) is 6.47. The molecule has 158 valence electrons. The lowest BCUT2D eigenvalue weighted by Gasteiger charge is -2.16. The van der Waals surface area contributed by atoms with Crippen LogP contribution in [-0.2, 0) is 7.05 Å². The molecule has 2 aromatic heterocycles. The fourth-order valence-corrected chi connectivity index (χ4v) is 4.38. The summed E-state index contributed by atoms with van der Waals surface area (Å²) in [6, 6.07) is 18.0. The molecule has 0 radical (unpaired) electrons. The number of thiophene rings is 1.